The zero-order valence-electron chi connectivity index (χ0n) is 22.2. The Hall–Kier alpha value is -4.60. The van der Waals surface area contributed by atoms with Gasteiger partial charge < -0.3 is 10.1 Å². The van der Waals surface area contributed by atoms with Crippen molar-refractivity contribution in [3.05, 3.63) is 89.7 Å². The van der Waals surface area contributed by atoms with Gasteiger partial charge in [0.05, 0.1) is 18.2 Å². The second-order valence-electron chi connectivity index (χ2n) is 9.69. The van der Waals surface area contributed by atoms with Gasteiger partial charge in [-0.1, -0.05) is 48.5 Å². The number of carbonyl (C=O) groups is 3. The molecule has 0 spiro atoms. The molecule has 3 aromatic carbocycles. The van der Waals surface area contributed by atoms with E-state index in [4.69, 9.17) is 4.74 Å². The maximum Gasteiger partial charge on any atom is 0.337 e. The smallest absolute Gasteiger partial charge is 0.337 e. The fourth-order valence-corrected chi connectivity index (χ4v) is 4.16. The van der Waals surface area contributed by atoms with Gasteiger partial charge in [-0.15, -0.1) is 5.10 Å². The second kappa shape index (κ2) is 11.4. The Labute approximate surface area is 225 Å². The summed E-state index contributed by atoms with van der Waals surface area (Å²) in [5.74, 6) is -2.41. The molecule has 0 saturated carbocycles. The molecule has 0 radical (unpaired) electrons. The molecule has 4 aromatic rings. The van der Waals surface area contributed by atoms with E-state index in [1.807, 2.05) is 26.8 Å². The highest BCUT2D eigenvalue weighted by molar-refractivity contribution is 6.02. The van der Waals surface area contributed by atoms with Crippen LogP contribution < -0.4 is 10.2 Å². The molecule has 1 aromatic heterocycles. The SMILES string of the molecule is CCC(C)(C)NC(=O)[C@H](c1ccccc1F)N(C(=O)Cn1nnc2ccccc21)c1cccc(C(=O)OC)c1. The average molecular weight is 532 g/mol. The monoisotopic (exact) mass is 531 g/mol. The maximum absolute atomic E-state index is 15.3. The lowest BCUT2D eigenvalue weighted by molar-refractivity contribution is -0.128. The van der Waals surface area contributed by atoms with E-state index < -0.39 is 35.2 Å². The molecule has 4 rings (SSSR count). The molecule has 9 nitrogen and oxygen atoms in total. The third kappa shape index (κ3) is 5.95. The molecule has 10 heteroatoms. The molecule has 0 fully saturated rings. The zero-order chi connectivity index (χ0) is 28.2. The van der Waals surface area contributed by atoms with E-state index in [1.54, 1.807) is 36.4 Å². The fraction of sp³-hybridized carbons (Fsp3) is 0.276. The van der Waals surface area contributed by atoms with E-state index in [0.29, 0.717) is 17.5 Å². The van der Waals surface area contributed by atoms with E-state index in [-0.39, 0.29) is 23.4 Å². The van der Waals surface area contributed by atoms with E-state index in [2.05, 4.69) is 15.6 Å². The molecule has 39 heavy (non-hydrogen) atoms. The van der Waals surface area contributed by atoms with Crippen molar-refractivity contribution in [2.45, 2.75) is 45.3 Å². The minimum absolute atomic E-state index is 0.00201. The third-order valence-corrected chi connectivity index (χ3v) is 6.57. The quantitative estimate of drug-likeness (QED) is 0.320. The summed E-state index contributed by atoms with van der Waals surface area (Å²) >= 11 is 0. The van der Waals surface area contributed by atoms with Crippen LogP contribution >= 0.6 is 0 Å². The number of hydrogen-bond donors (Lipinski definition) is 1. The maximum atomic E-state index is 15.3. The predicted octanol–water partition coefficient (Wildman–Crippen LogP) is 4.44. The fourth-order valence-electron chi connectivity index (χ4n) is 4.16. The van der Waals surface area contributed by atoms with Gasteiger partial charge in [-0.3, -0.25) is 14.5 Å². The summed E-state index contributed by atoms with van der Waals surface area (Å²) in [6, 6.07) is 17.7. The van der Waals surface area contributed by atoms with Crippen molar-refractivity contribution in [3.8, 4) is 0 Å². The van der Waals surface area contributed by atoms with Crippen LogP contribution in [0.3, 0.4) is 0 Å². The van der Waals surface area contributed by atoms with E-state index in [0.717, 1.165) is 0 Å². The number of hydrogen-bond acceptors (Lipinski definition) is 6. The first-order chi connectivity index (χ1) is 18.6. The first kappa shape index (κ1) is 27.4. The molecule has 0 aliphatic rings. The summed E-state index contributed by atoms with van der Waals surface area (Å²) < 4.78 is 21.6. The third-order valence-electron chi connectivity index (χ3n) is 6.57. The summed E-state index contributed by atoms with van der Waals surface area (Å²) in [6.45, 7) is 5.30. The number of nitrogens with zero attached hydrogens (tertiary/aromatic N) is 4. The normalized spacial score (nSPS) is 12.1. The van der Waals surface area contributed by atoms with Gasteiger partial charge in [-0.25, -0.2) is 13.9 Å². The van der Waals surface area contributed by atoms with E-state index in [9.17, 15) is 14.4 Å². The van der Waals surface area contributed by atoms with Gasteiger partial charge in [-0.2, -0.15) is 0 Å². The Morgan fingerprint density at radius 2 is 1.77 bits per heavy atom. The number of ether oxygens (including phenoxy) is 1. The summed E-state index contributed by atoms with van der Waals surface area (Å²) in [5, 5.41) is 11.2. The number of benzene rings is 3. The number of halogens is 1. The lowest BCUT2D eigenvalue weighted by Crippen LogP contribution is -2.51. The van der Waals surface area contributed by atoms with Gasteiger partial charge in [0.25, 0.3) is 0 Å². The lowest BCUT2D eigenvalue weighted by atomic mass is 9.97. The summed E-state index contributed by atoms with van der Waals surface area (Å²) in [5.41, 5.74) is 0.962. The topological polar surface area (TPSA) is 106 Å². The van der Waals surface area contributed by atoms with E-state index >= 15 is 4.39 Å². The molecule has 0 aliphatic carbocycles. The van der Waals surface area contributed by atoms with Crippen LogP contribution in [-0.4, -0.2) is 45.4 Å². The number of fused-ring (bicyclic) bond motifs is 1. The van der Waals surface area contributed by atoms with Crippen molar-refractivity contribution in [3.63, 3.8) is 0 Å². The highest BCUT2D eigenvalue weighted by atomic mass is 19.1. The van der Waals surface area contributed by atoms with Crippen LogP contribution in [-0.2, 0) is 20.9 Å². The summed E-state index contributed by atoms with van der Waals surface area (Å²) in [4.78, 5) is 41.5. The highest BCUT2D eigenvalue weighted by Gasteiger charge is 2.37. The number of anilines is 1. The van der Waals surface area contributed by atoms with Gasteiger partial charge in [0.15, 0.2) is 0 Å². The number of amides is 2. The first-order valence-corrected chi connectivity index (χ1v) is 12.5. The number of esters is 1. The molecule has 1 heterocycles. The van der Waals surface area contributed by atoms with Crippen LogP contribution in [0.5, 0.6) is 0 Å². The first-order valence-electron chi connectivity index (χ1n) is 12.5. The van der Waals surface area contributed by atoms with Gasteiger partial charge in [-0.05, 0) is 56.7 Å². The largest absolute Gasteiger partial charge is 0.465 e. The Kier molecular flexibility index (Phi) is 8.04. The number of carbonyl (C=O) groups excluding carboxylic acids is 3. The second-order valence-corrected chi connectivity index (χ2v) is 9.69. The molecule has 0 aliphatic heterocycles. The number of para-hydroxylation sites is 1. The number of rotatable bonds is 9. The molecule has 1 N–H and O–H groups in total. The van der Waals surface area contributed by atoms with Crippen molar-refractivity contribution in [2.24, 2.45) is 0 Å². The van der Waals surface area contributed by atoms with Crippen molar-refractivity contribution < 1.29 is 23.5 Å². The molecule has 2 amide bonds. The van der Waals surface area contributed by atoms with Crippen molar-refractivity contribution in [1.29, 1.82) is 0 Å². The molecule has 0 saturated heterocycles. The van der Waals surface area contributed by atoms with Crippen LogP contribution in [0.1, 0.15) is 49.2 Å². The van der Waals surface area contributed by atoms with Crippen LogP contribution in [0.15, 0.2) is 72.8 Å². The summed E-state index contributed by atoms with van der Waals surface area (Å²) in [7, 11) is 1.25. The van der Waals surface area contributed by atoms with Crippen LogP contribution in [0.25, 0.3) is 11.0 Å². The van der Waals surface area contributed by atoms with Crippen molar-refractivity contribution >= 4 is 34.5 Å². The van der Waals surface area contributed by atoms with E-state index in [1.165, 1.54) is 47.0 Å². The van der Waals surface area contributed by atoms with Crippen LogP contribution in [0.2, 0.25) is 0 Å². The molecule has 0 unspecified atom stereocenters. The predicted molar refractivity (Wildman–Crippen MR) is 144 cm³/mol. The Morgan fingerprint density at radius 1 is 1.05 bits per heavy atom. The molecular formula is C29H30FN5O4. The number of nitrogens with one attached hydrogen (secondary N) is 1. The molecular weight excluding hydrogens is 501 g/mol. The minimum atomic E-state index is -1.40. The van der Waals surface area contributed by atoms with Gasteiger partial charge in [0, 0.05) is 16.8 Å². The standard InChI is InChI=1S/C29H30FN5O4/c1-5-29(2,3)31-27(37)26(21-13-6-7-14-22(21)30)35(20-12-10-11-19(17-20)28(38)39-4)25(36)18-34-24-16-9-8-15-23(24)32-33-34/h6-17,26H,5,18H2,1-4H3,(H,31,37)/t26-/m0/s1. The molecule has 1 atom stereocenters. The van der Waals surface area contributed by atoms with Crippen molar-refractivity contribution in [2.75, 3.05) is 12.0 Å². The zero-order valence-corrected chi connectivity index (χ0v) is 22.2. The van der Waals surface area contributed by atoms with Crippen molar-refractivity contribution in [1.82, 2.24) is 20.3 Å². The Morgan fingerprint density at radius 3 is 2.49 bits per heavy atom. The minimum Gasteiger partial charge on any atom is -0.465 e. The van der Waals surface area contributed by atoms with Crippen LogP contribution in [0.4, 0.5) is 10.1 Å². The van der Waals surface area contributed by atoms with Gasteiger partial charge >= 0.3 is 5.97 Å². The van der Waals surface area contributed by atoms with Crippen LogP contribution in [0, 0.1) is 5.82 Å². The molecule has 0 bridgehead atoms. The highest BCUT2D eigenvalue weighted by Crippen LogP contribution is 2.31. The Bertz CT molecular complexity index is 1520. The average Bonchev–Trinajstić information content (AvgIpc) is 3.34. The molecule has 202 valence electrons. The number of aromatic nitrogens is 3. The Balaban J connectivity index is 1.88. The summed E-state index contributed by atoms with van der Waals surface area (Å²) in [6.07, 6.45) is 0.597. The lowest BCUT2D eigenvalue weighted by Gasteiger charge is -2.35. The number of methoxy groups -OCH3 is 1. The van der Waals surface area contributed by atoms with Gasteiger partial charge in [0.2, 0.25) is 11.8 Å². The van der Waals surface area contributed by atoms with Gasteiger partial charge in [0.1, 0.15) is 23.9 Å².